The summed E-state index contributed by atoms with van der Waals surface area (Å²) in [6, 6.07) is 13.9. The van der Waals surface area contributed by atoms with Crippen LogP contribution in [0.5, 0.6) is 0 Å². The van der Waals surface area contributed by atoms with E-state index in [4.69, 9.17) is 0 Å². The molecule has 0 radical (unpaired) electrons. The van der Waals surface area contributed by atoms with Crippen molar-refractivity contribution < 1.29 is 23.1 Å². The lowest BCUT2D eigenvalue weighted by Gasteiger charge is -2.14. The topological polar surface area (TPSA) is 113 Å². The Balaban J connectivity index is 2.14. The lowest BCUT2D eigenvalue weighted by molar-refractivity contribution is -0.138. The van der Waals surface area contributed by atoms with E-state index in [0.717, 1.165) is 0 Å². The number of rotatable bonds is 8. The first kappa shape index (κ1) is 20.6. The van der Waals surface area contributed by atoms with E-state index in [0.29, 0.717) is 5.56 Å². The highest BCUT2D eigenvalue weighted by molar-refractivity contribution is 7.89. The van der Waals surface area contributed by atoms with Gasteiger partial charge in [-0.05, 0) is 37.6 Å². The maximum atomic E-state index is 12.4. The number of carbonyl (C=O) groups excluding carboxylic acids is 1. The molecule has 2 aromatic rings. The van der Waals surface area contributed by atoms with Crippen LogP contribution in [-0.4, -0.2) is 38.0 Å². The van der Waals surface area contributed by atoms with Crippen LogP contribution in [0.15, 0.2) is 59.5 Å². The molecule has 0 saturated heterocycles. The van der Waals surface area contributed by atoms with Gasteiger partial charge < -0.3 is 10.4 Å². The van der Waals surface area contributed by atoms with Gasteiger partial charge in [-0.3, -0.25) is 9.59 Å². The fourth-order valence-electron chi connectivity index (χ4n) is 2.51. The SMILES string of the molecule is CC(C)NS(=O)(=O)c1cccc(C(=O)NCC(C(=O)O)c2ccccc2)c1. The zero-order chi connectivity index (χ0) is 20.0. The molecule has 7 nitrogen and oxygen atoms in total. The number of benzene rings is 2. The number of hydrogen-bond donors (Lipinski definition) is 3. The van der Waals surface area contributed by atoms with Gasteiger partial charge in [0, 0.05) is 18.2 Å². The summed E-state index contributed by atoms with van der Waals surface area (Å²) in [6.45, 7) is 3.28. The molecular weight excluding hydrogens is 368 g/mol. The molecule has 2 rings (SSSR count). The van der Waals surface area contributed by atoms with Crippen LogP contribution in [0.1, 0.15) is 35.7 Å². The number of nitrogens with one attached hydrogen (secondary N) is 2. The number of carbonyl (C=O) groups is 2. The van der Waals surface area contributed by atoms with Crippen molar-refractivity contribution in [3.05, 3.63) is 65.7 Å². The molecule has 0 aromatic heterocycles. The molecule has 1 atom stereocenters. The van der Waals surface area contributed by atoms with Crippen LogP contribution in [0.2, 0.25) is 0 Å². The summed E-state index contributed by atoms with van der Waals surface area (Å²) >= 11 is 0. The van der Waals surface area contributed by atoms with Gasteiger partial charge in [0.1, 0.15) is 0 Å². The largest absolute Gasteiger partial charge is 0.481 e. The molecule has 1 amide bonds. The lowest BCUT2D eigenvalue weighted by Crippen LogP contribution is -2.32. The number of hydrogen-bond acceptors (Lipinski definition) is 4. The number of carboxylic acids is 1. The van der Waals surface area contributed by atoms with Gasteiger partial charge in [-0.1, -0.05) is 36.4 Å². The molecule has 0 spiro atoms. The van der Waals surface area contributed by atoms with E-state index in [1.807, 2.05) is 0 Å². The molecule has 0 aliphatic carbocycles. The Hall–Kier alpha value is -2.71. The summed E-state index contributed by atoms with van der Waals surface area (Å²) in [5, 5.41) is 12.0. The second kappa shape index (κ2) is 8.79. The summed E-state index contributed by atoms with van der Waals surface area (Å²) in [6.07, 6.45) is 0. The van der Waals surface area contributed by atoms with Crippen LogP contribution in [0.3, 0.4) is 0 Å². The average Bonchev–Trinajstić information content (AvgIpc) is 2.61. The summed E-state index contributed by atoms with van der Waals surface area (Å²) in [7, 11) is -3.73. The Morgan fingerprint density at radius 1 is 1.04 bits per heavy atom. The smallest absolute Gasteiger partial charge is 0.312 e. The molecule has 0 bridgehead atoms. The second-order valence-corrected chi connectivity index (χ2v) is 8.03. The average molecular weight is 390 g/mol. The van der Waals surface area contributed by atoms with Gasteiger partial charge in [0.15, 0.2) is 0 Å². The van der Waals surface area contributed by atoms with Crippen molar-refractivity contribution in [2.24, 2.45) is 0 Å². The van der Waals surface area contributed by atoms with Gasteiger partial charge in [-0.15, -0.1) is 0 Å². The van der Waals surface area contributed by atoms with Crippen LogP contribution in [0.25, 0.3) is 0 Å². The zero-order valence-electron chi connectivity index (χ0n) is 15.0. The Morgan fingerprint density at radius 3 is 2.30 bits per heavy atom. The van der Waals surface area contributed by atoms with Crippen molar-refractivity contribution in [2.45, 2.75) is 30.7 Å². The predicted octanol–water partition coefficient (Wildman–Crippen LogP) is 1.97. The number of sulfonamides is 1. The van der Waals surface area contributed by atoms with Crippen LogP contribution >= 0.6 is 0 Å². The van der Waals surface area contributed by atoms with E-state index in [2.05, 4.69) is 10.0 Å². The zero-order valence-corrected chi connectivity index (χ0v) is 15.9. The van der Waals surface area contributed by atoms with E-state index in [9.17, 15) is 23.1 Å². The van der Waals surface area contributed by atoms with Crippen LogP contribution in [0, 0.1) is 0 Å². The minimum absolute atomic E-state index is 0.0262. The standard InChI is InChI=1S/C19H22N2O5S/c1-13(2)21-27(25,26)16-10-6-9-15(11-16)18(22)20-12-17(19(23)24)14-7-4-3-5-8-14/h3-11,13,17,21H,12H2,1-2H3,(H,20,22)(H,23,24). The molecule has 8 heteroatoms. The summed E-state index contributed by atoms with van der Waals surface area (Å²) in [4.78, 5) is 23.9. The Morgan fingerprint density at radius 2 is 1.70 bits per heavy atom. The first-order valence-electron chi connectivity index (χ1n) is 8.39. The van der Waals surface area contributed by atoms with Gasteiger partial charge >= 0.3 is 5.97 Å². The van der Waals surface area contributed by atoms with Gasteiger partial charge in [-0.2, -0.15) is 0 Å². The predicted molar refractivity (Wildman–Crippen MR) is 101 cm³/mol. The summed E-state index contributed by atoms with van der Waals surface area (Å²) in [5.74, 6) is -2.50. The van der Waals surface area contributed by atoms with Gasteiger partial charge in [0.05, 0.1) is 10.8 Å². The normalized spacial score (nSPS) is 12.6. The van der Waals surface area contributed by atoms with Crippen LogP contribution < -0.4 is 10.0 Å². The molecule has 0 aliphatic rings. The maximum Gasteiger partial charge on any atom is 0.312 e. The summed E-state index contributed by atoms with van der Waals surface area (Å²) in [5.41, 5.74) is 0.710. The highest BCUT2D eigenvalue weighted by Crippen LogP contribution is 2.16. The van der Waals surface area contributed by atoms with Crippen molar-refractivity contribution in [2.75, 3.05) is 6.54 Å². The first-order chi connectivity index (χ1) is 12.7. The van der Waals surface area contributed by atoms with Crippen molar-refractivity contribution >= 4 is 21.9 Å². The molecule has 0 aliphatic heterocycles. The first-order valence-corrected chi connectivity index (χ1v) is 9.87. The van der Waals surface area contributed by atoms with Gasteiger partial charge in [0.25, 0.3) is 5.91 Å². The monoisotopic (exact) mass is 390 g/mol. The maximum absolute atomic E-state index is 12.4. The van der Waals surface area contributed by atoms with E-state index >= 15 is 0 Å². The number of amides is 1. The lowest BCUT2D eigenvalue weighted by atomic mass is 9.99. The molecule has 0 fully saturated rings. The fraction of sp³-hybridized carbons (Fsp3) is 0.263. The van der Waals surface area contributed by atoms with Crippen molar-refractivity contribution in [3.8, 4) is 0 Å². The summed E-state index contributed by atoms with van der Waals surface area (Å²) < 4.78 is 26.9. The van der Waals surface area contributed by atoms with E-state index < -0.39 is 27.8 Å². The minimum Gasteiger partial charge on any atom is -0.481 e. The van der Waals surface area contributed by atoms with Crippen molar-refractivity contribution in [1.82, 2.24) is 10.0 Å². The molecule has 0 heterocycles. The molecule has 27 heavy (non-hydrogen) atoms. The minimum atomic E-state index is -3.73. The highest BCUT2D eigenvalue weighted by Gasteiger charge is 2.21. The number of aliphatic carboxylic acids is 1. The highest BCUT2D eigenvalue weighted by atomic mass is 32.2. The Bertz CT molecular complexity index is 911. The Kier molecular flexibility index (Phi) is 6.70. The van der Waals surface area contributed by atoms with E-state index in [-0.39, 0.29) is 23.0 Å². The molecule has 3 N–H and O–H groups in total. The molecule has 0 saturated carbocycles. The fourth-order valence-corrected chi connectivity index (χ4v) is 3.81. The second-order valence-electron chi connectivity index (χ2n) is 6.32. The van der Waals surface area contributed by atoms with E-state index in [1.54, 1.807) is 44.2 Å². The van der Waals surface area contributed by atoms with Crippen LogP contribution in [0.4, 0.5) is 0 Å². The molecule has 144 valence electrons. The van der Waals surface area contributed by atoms with Crippen molar-refractivity contribution in [1.29, 1.82) is 0 Å². The van der Waals surface area contributed by atoms with Crippen molar-refractivity contribution in [3.63, 3.8) is 0 Å². The molecule has 1 unspecified atom stereocenters. The van der Waals surface area contributed by atoms with Crippen LogP contribution in [-0.2, 0) is 14.8 Å². The van der Waals surface area contributed by atoms with E-state index in [1.165, 1.54) is 24.3 Å². The molecular formula is C19H22N2O5S. The third-order valence-corrected chi connectivity index (χ3v) is 5.42. The van der Waals surface area contributed by atoms with Gasteiger partial charge in [-0.25, -0.2) is 13.1 Å². The quantitative estimate of drug-likeness (QED) is 0.638. The third-order valence-electron chi connectivity index (χ3n) is 3.76. The Labute approximate surface area is 158 Å². The third kappa shape index (κ3) is 5.63. The molecule has 2 aromatic carbocycles. The number of carboxylic acid groups (broad SMARTS) is 1. The van der Waals surface area contributed by atoms with Gasteiger partial charge in [0.2, 0.25) is 10.0 Å².